The van der Waals surface area contributed by atoms with E-state index >= 15 is 0 Å². The third-order valence-electron chi connectivity index (χ3n) is 6.81. The van der Waals surface area contributed by atoms with Gasteiger partial charge >= 0.3 is 0 Å². The van der Waals surface area contributed by atoms with E-state index in [9.17, 15) is 18.0 Å². The van der Waals surface area contributed by atoms with Crippen LogP contribution < -0.4 is 5.32 Å². The molecule has 10 nitrogen and oxygen atoms in total. The minimum atomic E-state index is -3.71. The van der Waals surface area contributed by atoms with Crippen molar-refractivity contribution in [2.24, 2.45) is 0 Å². The summed E-state index contributed by atoms with van der Waals surface area (Å²) in [4.78, 5) is 24.8. The van der Waals surface area contributed by atoms with Crippen molar-refractivity contribution in [1.29, 1.82) is 0 Å². The lowest BCUT2D eigenvalue weighted by atomic mass is 10.1. The lowest BCUT2D eigenvalue weighted by molar-refractivity contribution is -0.115. The topological polar surface area (TPSA) is 123 Å². The molecule has 1 fully saturated rings. The minimum Gasteiger partial charge on any atom is -0.379 e. The predicted octanol–water partition coefficient (Wildman–Crippen LogP) is 4.34. The molecular formula is C30H31N5O5S2. The van der Waals surface area contributed by atoms with Gasteiger partial charge < -0.3 is 10.1 Å². The Bertz CT molecular complexity index is 1670. The van der Waals surface area contributed by atoms with Crippen molar-refractivity contribution < 1.29 is 22.7 Å². The maximum absolute atomic E-state index is 13.3. The smallest absolute Gasteiger partial charge is 0.243 e. The van der Waals surface area contributed by atoms with E-state index in [4.69, 9.17) is 4.74 Å². The molecule has 0 unspecified atom stereocenters. The standard InChI is InChI=1S/C30H31N5O5S2/c1-21(36)24-11-13-26(14-12-24)31-29(37)22(2)41-30-33-32-28(35(30)20-23-7-4-3-5-8-23)25-9-6-10-27(19-25)42(38,39)34-15-17-40-18-16-34/h3-14,19,22H,15-18,20H2,1-2H3,(H,31,37)/t22-/m0/s1. The second kappa shape index (κ2) is 13.0. The predicted molar refractivity (Wildman–Crippen MR) is 161 cm³/mol. The molecule has 5 rings (SSSR count). The quantitative estimate of drug-likeness (QED) is 0.209. The van der Waals surface area contributed by atoms with Crippen LogP contribution in [-0.2, 0) is 26.1 Å². The fourth-order valence-corrected chi connectivity index (χ4v) is 6.78. The number of aromatic nitrogens is 3. The Balaban J connectivity index is 1.42. The zero-order chi connectivity index (χ0) is 29.7. The highest BCUT2D eigenvalue weighted by molar-refractivity contribution is 8.00. The summed E-state index contributed by atoms with van der Waals surface area (Å²) >= 11 is 1.26. The molecule has 0 saturated carbocycles. The SMILES string of the molecule is CC(=O)c1ccc(NC(=O)[C@H](C)Sc2nnc(-c3cccc(S(=O)(=O)N4CCOCC4)c3)n2Cc2ccccc2)cc1. The number of benzene rings is 3. The first-order chi connectivity index (χ1) is 20.2. The first-order valence-electron chi connectivity index (χ1n) is 13.5. The molecule has 0 aliphatic carbocycles. The molecule has 2 heterocycles. The number of nitrogens with zero attached hydrogens (tertiary/aromatic N) is 4. The van der Waals surface area contributed by atoms with Gasteiger partial charge in [0.05, 0.1) is 29.9 Å². The number of ether oxygens (including phenoxy) is 1. The van der Waals surface area contributed by atoms with Crippen LogP contribution in [0.2, 0.25) is 0 Å². The number of thioether (sulfide) groups is 1. The molecule has 1 aliphatic heterocycles. The van der Waals surface area contributed by atoms with Crippen molar-refractivity contribution in [3.8, 4) is 11.4 Å². The molecule has 0 spiro atoms. The number of sulfonamides is 1. The van der Waals surface area contributed by atoms with Gasteiger partial charge in [-0.15, -0.1) is 10.2 Å². The van der Waals surface area contributed by atoms with E-state index in [0.29, 0.717) is 60.6 Å². The molecule has 0 bridgehead atoms. The Labute approximate surface area is 249 Å². The average Bonchev–Trinajstić information content (AvgIpc) is 3.39. The Morgan fingerprint density at radius 3 is 2.38 bits per heavy atom. The fourth-order valence-electron chi connectivity index (χ4n) is 4.47. The highest BCUT2D eigenvalue weighted by Gasteiger charge is 2.27. The van der Waals surface area contributed by atoms with E-state index in [1.54, 1.807) is 55.5 Å². The van der Waals surface area contributed by atoms with E-state index in [-0.39, 0.29) is 16.6 Å². The second-order valence-electron chi connectivity index (χ2n) is 9.81. The van der Waals surface area contributed by atoms with Crippen LogP contribution in [0.15, 0.2) is 88.9 Å². The van der Waals surface area contributed by atoms with E-state index in [0.717, 1.165) is 5.56 Å². The zero-order valence-corrected chi connectivity index (χ0v) is 24.9. The van der Waals surface area contributed by atoms with Crippen LogP contribution in [0.3, 0.4) is 0 Å². The van der Waals surface area contributed by atoms with Crippen LogP contribution in [0.5, 0.6) is 0 Å². The van der Waals surface area contributed by atoms with Crippen molar-refractivity contribution in [3.63, 3.8) is 0 Å². The average molecular weight is 606 g/mol. The number of hydrogen-bond acceptors (Lipinski definition) is 8. The maximum atomic E-state index is 13.3. The van der Waals surface area contributed by atoms with Gasteiger partial charge in [-0.25, -0.2) is 8.42 Å². The molecule has 4 aromatic rings. The van der Waals surface area contributed by atoms with E-state index in [1.165, 1.54) is 23.0 Å². The van der Waals surface area contributed by atoms with Gasteiger partial charge in [-0.05, 0) is 55.8 Å². The summed E-state index contributed by atoms with van der Waals surface area (Å²) in [5.74, 6) is 0.215. The number of hydrogen-bond donors (Lipinski definition) is 1. The van der Waals surface area contributed by atoms with Crippen molar-refractivity contribution in [2.45, 2.75) is 35.7 Å². The number of amides is 1. The number of nitrogens with one attached hydrogen (secondary N) is 1. The third kappa shape index (κ3) is 6.79. The highest BCUT2D eigenvalue weighted by Crippen LogP contribution is 2.30. The van der Waals surface area contributed by atoms with E-state index in [2.05, 4.69) is 15.5 Å². The minimum absolute atomic E-state index is 0.0467. The number of carbonyl (C=O) groups excluding carboxylic acids is 2. The van der Waals surface area contributed by atoms with Gasteiger partial charge in [0.15, 0.2) is 16.8 Å². The summed E-state index contributed by atoms with van der Waals surface area (Å²) < 4.78 is 35.3. The molecule has 0 radical (unpaired) electrons. The molecule has 218 valence electrons. The van der Waals surface area contributed by atoms with Gasteiger partial charge in [0.2, 0.25) is 15.9 Å². The van der Waals surface area contributed by atoms with Crippen molar-refractivity contribution in [2.75, 3.05) is 31.6 Å². The summed E-state index contributed by atoms with van der Waals surface area (Å²) in [5.41, 5.74) is 2.75. The van der Waals surface area contributed by atoms with Crippen LogP contribution in [0, 0.1) is 0 Å². The molecule has 42 heavy (non-hydrogen) atoms. The molecule has 1 amide bonds. The van der Waals surface area contributed by atoms with Crippen LogP contribution in [0.25, 0.3) is 11.4 Å². The molecule has 12 heteroatoms. The van der Waals surface area contributed by atoms with Gasteiger partial charge in [-0.1, -0.05) is 54.2 Å². The van der Waals surface area contributed by atoms with Gasteiger partial charge in [-0.2, -0.15) is 4.31 Å². The van der Waals surface area contributed by atoms with Gasteiger partial charge in [-0.3, -0.25) is 14.2 Å². The van der Waals surface area contributed by atoms with Crippen molar-refractivity contribution in [3.05, 3.63) is 90.0 Å². The molecule has 1 aliphatic rings. The Morgan fingerprint density at radius 2 is 1.69 bits per heavy atom. The Hall–Kier alpha value is -3.84. The third-order valence-corrected chi connectivity index (χ3v) is 9.79. The van der Waals surface area contributed by atoms with Crippen LogP contribution in [0.1, 0.15) is 29.8 Å². The maximum Gasteiger partial charge on any atom is 0.243 e. The highest BCUT2D eigenvalue weighted by atomic mass is 32.2. The second-order valence-corrected chi connectivity index (χ2v) is 13.1. The number of morpholine rings is 1. The summed E-state index contributed by atoms with van der Waals surface area (Å²) in [6, 6.07) is 23.2. The monoisotopic (exact) mass is 605 g/mol. The van der Waals surface area contributed by atoms with Crippen LogP contribution >= 0.6 is 11.8 Å². The fraction of sp³-hybridized carbons (Fsp3) is 0.267. The number of carbonyl (C=O) groups is 2. The number of rotatable bonds is 10. The molecule has 3 aromatic carbocycles. The molecular weight excluding hydrogens is 574 g/mol. The molecule has 1 saturated heterocycles. The number of ketones is 1. The largest absolute Gasteiger partial charge is 0.379 e. The molecule has 1 aromatic heterocycles. The number of Topliss-reactive ketones (excluding diaryl/α,β-unsaturated/α-hetero) is 1. The van der Waals surface area contributed by atoms with Gasteiger partial charge in [0.1, 0.15) is 0 Å². The van der Waals surface area contributed by atoms with E-state index in [1.807, 2.05) is 34.9 Å². The zero-order valence-electron chi connectivity index (χ0n) is 23.3. The Morgan fingerprint density at radius 1 is 0.976 bits per heavy atom. The summed E-state index contributed by atoms with van der Waals surface area (Å²) in [6.45, 7) is 5.02. The van der Waals surface area contributed by atoms with Crippen molar-refractivity contribution in [1.82, 2.24) is 19.1 Å². The summed E-state index contributed by atoms with van der Waals surface area (Å²) in [7, 11) is -3.71. The lowest BCUT2D eigenvalue weighted by Gasteiger charge is -2.26. The normalized spacial score (nSPS) is 14.8. The number of anilines is 1. The van der Waals surface area contributed by atoms with Gasteiger partial charge in [0.25, 0.3) is 0 Å². The first-order valence-corrected chi connectivity index (χ1v) is 15.8. The first kappa shape index (κ1) is 29.6. The lowest BCUT2D eigenvalue weighted by Crippen LogP contribution is -2.40. The van der Waals surface area contributed by atoms with Gasteiger partial charge in [0, 0.05) is 29.9 Å². The van der Waals surface area contributed by atoms with Crippen LogP contribution in [-0.4, -0.2) is 70.7 Å². The summed E-state index contributed by atoms with van der Waals surface area (Å²) in [6.07, 6.45) is 0. The molecule has 1 atom stereocenters. The van der Waals surface area contributed by atoms with E-state index < -0.39 is 15.3 Å². The Kier molecular flexibility index (Phi) is 9.17. The summed E-state index contributed by atoms with van der Waals surface area (Å²) in [5, 5.41) is 11.7. The van der Waals surface area contributed by atoms with Crippen molar-refractivity contribution >= 4 is 39.2 Å². The van der Waals surface area contributed by atoms with Crippen LogP contribution in [0.4, 0.5) is 5.69 Å². The molecule has 1 N–H and O–H groups in total.